The summed E-state index contributed by atoms with van der Waals surface area (Å²) >= 11 is 0. The number of ether oxygens (including phenoxy) is 2. The normalized spacial score (nSPS) is 18.5. The molecule has 4 rings (SSSR count). The fourth-order valence-electron chi connectivity index (χ4n) is 9.59. The lowest BCUT2D eigenvalue weighted by molar-refractivity contribution is -0.148. The lowest BCUT2D eigenvalue weighted by atomic mass is 9.89. The molecule has 2 aliphatic heterocycles. The van der Waals surface area contributed by atoms with Crippen LogP contribution >= 0.6 is 0 Å². The summed E-state index contributed by atoms with van der Waals surface area (Å²) in [5, 5.41) is 20.5. The number of hydrogen-bond acceptors (Lipinski definition) is 12. The summed E-state index contributed by atoms with van der Waals surface area (Å²) in [5.74, 6) is -3.21. The molecule has 9 atom stereocenters. The van der Waals surface area contributed by atoms with Gasteiger partial charge in [-0.2, -0.15) is 5.21 Å². The number of methoxy groups -OCH3 is 2. The predicted octanol–water partition coefficient (Wildman–Crippen LogP) is 3.63. The van der Waals surface area contributed by atoms with Crippen molar-refractivity contribution in [3.63, 3.8) is 0 Å². The molecule has 3 heterocycles. The van der Waals surface area contributed by atoms with Gasteiger partial charge in [-0.25, -0.2) is 0 Å². The lowest BCUT2D eigenvalue weighted by Crippen LogP contribution is -2.60. The van der Waals surface area contributed by atoms with Gasteiger partial charge in [-0.3, -0.25) is 38.5 Å². The van der Waals surface area contributed by atoms with Crippen molar-refractivity contribution in [2.24, 2.45) is 23.7 Å². The monoisotopic (exact) mass is 949 g/mol. The molecular weight excluding hydrogens is 873 g/mol. The molecule has 19 nitrogen and oxygen atoms in total. The van der Waals surface area contributed by atoms with Gasteiger partial charge in [0, 0.05) is 66.4 Å². The van der Waals surface area contributed by atoms with E-state index < -0.39 is 54.2 Å². The Morgan fingerprint density at radius 1 is 0.868 bits per heavy atom. The zero-order valence-electron chi connectivity index (χ0n) is 42.0. The molecule has 1 saturated heterocycles. The van der Waals surface area contributed by atoms with E-state index in [-0.39, 0.29) is 72.6 Å². The molecule has 3 N–H and O–H groups in total. The van der Waals surface area contributed by atoms with Gasteiger partial charge in [0.25, 0.3) is 11.8 Å². The fourth-order valence-corrected chi connectivity index (χ4v) is 9.59. The van der Waals surface area contributed by atoms with Crippen LogP contribution in [0.2, 0.25) is 0 Å². The highest BCUT2D eigenvalue weighted by molar-refractivity contribution is 6.12. The van der Waals surface area contributed by atoms with Crippen molar-refractivity contribution in [3.8, 4) is 0 Å². The second-order valence-electron chi connectivity index (χ2n) is 19.0. The quantitative estimate of drug-likeness (QED) is 0.0862. The third-order valence-electron chi connectivity index (χ3n) is 13.6. The Morgan fingerprint density at radius 2 is 1.54 bits per heavy atom. The van der Waals surface area contributed by atoms with Gasteiger partial charge in [-0.1, -0.05) is 96.9 Å². The minimum Gasteiger partial charge on any atom is -0.379 e. The fraction of sp³-hybridized carbons (Fsp3) is 0.673. The molecule has 2 aliphatic rings. The number of imide groups is 1. The van der Waals surface area contributed by atoms with Crippen LogP contribution in [0, 0.1) is 23.7 Å². The number of unbranched alkanes of at least 4 members (excludes halogenated alkanes) is 2. The van der Waals surface area contributed by atoms with Gasteiger partial charge >= 0.3 is 0 Å². The maximum Gasteiger partial charge on any atom is 0.253 e. The van der Waals surface area contributed by atoms with E-state index in [1.165, 1.54) is 29.1 Å². The first kappa shape index (κ1) is 55.0. The topological polar surface area (TPSA) is 229 Å². The van der Waals surface area contributed by atoms with Crippen molar-refractivity contribution < 1.29 is 43.0 Å². The van der Waals surface area contributed by atoms with E-state index in [1.807, 2.05) is 71.9 Å². The van der Waals surface area contributed by atoms with Crippen LogP contribution in [0.4, 0.5) is 0 Å². The molecular formula is C49H76N10O9. The van der Waals surface area contributed by atoms with E-state index in [2.05, 4.69) is 31.3 Å². The number of likely N-dealkylation sites (N-methyl/N-ethyl adjacent to an activating group) is 2. The highest BCUT2D eigenvalue weighted by Gasteiger charge is 2.44. The Labute approximate surface area is 401 Å². The van der Waals surface area contributed by atoms with Crippen LogP contribution in [0.5, 0.6) is 0 Å². The van der Waals surface area contributed by atoms with Crippen molar-refractivity contribution in [2.75, 3.05) is 41.4 Å². The summed E-state index contributed by atoms with van der Waals surface area (Å²) in [4.78, 5) is 100. The number of likely N-dealkylation sites (tertiary alicyclic amines) is 1. The van der Waals surface area contributed by atoms with Crippen LogP contribution in [0.1, 0.15) is 117 Å². The SMILES string of the molecule is CC[C@H](C)[C@@H]([C@@H](CC(=O)N1CCC[C@H]1[C@H](OC)[C@@H](C)C(=O)N[C@@H](Cc1ccccc1)c1nn[nH]n1)OC)N(C)C(=O)[C@@H](NC(=O)C(C(C)C)N(C)C(=O)CCCCCN1C(=O)C=CC1=O)C(C)C. The smallest absolute Gasteiger partial charge is 0.253 e. The molecule has 2 aromatic rings. The molecule has 1 fully saturated rings. The molecule has 7 amide bonds. The average Bonchev–Trinajstić information content (AvgIpc) is 4.10. The van der Waals surface area contributed by atoms with E-state index >= 15 is 0 Å². The molecule has 1 unspecified atom stereocenters. The van der Waals surface area contributed by atoms with Crippen molar-refractivity contribution in [1.29, 1.82) is 0 Å². The minimum absolute atomic E-state index is 0.0413. The van der Waals surface area contributed by atoms with E-state index in [0.717, 1.165) is 5.56 Å². The zero-order chi connectivity index (χ0) is 50.2. The maximum atomic E-state index is 14.6. The Bertz CT molecular complexity index is 2000. The van der Waals surface area contributed by atoms with Gasteiger partial charge in [0.05, 0.1) is 42.7 Å². The molecule has 376 valence electrons. The molecule has 1 aromatic heterocycles. The highest BCUT2D eigenvalue weighted by atomic mass is 16.5. The van der Waals surface area contributed by atoms with Crippen LogP contribution in [0.3, 0.4) is 0 Å². The van der Waals surface area contributed by atoms with Crippen LogP contribution in [0.25, 0.3) is 0 Å². The first-order chi connectivity index (χ1) is 32.4. The largest absolute Gasteiger partial charge is 0.379 e. The summed E-state index contributed by atoms with van der Waals surface area (Å²) < 4.78 is 12.1. The number of tetrazole rings is 1. The van der Waals surface area contributed by atoms with E-state index in [9.17, 15) is 33.6 Å². The second kappa shape index (κ2) is 26.3. The Hall–Kier alpha value is -5.56. The molecule has 68 heavy (non-hydrogen) atoms. The Morgan fingerprint density at radius 3 is 2.12 bits per heavy atom. The van der Waals surface area contributed by atoms with Gasteiger partial charge in [-0.05, 0) is 49.0 Å². The summed E-state index contributed by atoms with van der Waals surface area (Å²) in [5.41, 5.74) is 0.982. The van der Waals surface area contributed by atoms with Gasteiger partial charge in [0.15, 0.2) is 5.82 Å². The van der Waals surface area contributed by atoms with Crippen LogP contribution < -0.4 is 10.6 Å². The number of carbonyl (C=O) groups excluding carboxylic acids is 7. The van der Waals surface area contributed by atoms with E-state index in [0.29, 0.717) is 57.3 Å². The van der Waals surface area contributed by atoms with Crippen molar-refractivity contribution in [1.82, 2.24) is 50.9 Å². The third kappa shape index (κ3) is 14.2. The van der Waals surface area contributed by atoms with Crippen molar-refractivity contribution in [3.05, 3.63) is 53.9 Å². The Kier molecular flexibility index (Phi) is 21.3. The maximum absolute atomic E-state index is 14.6. The number of benzene rings is 1. The minimum atomic E-state index is -0.951. The molecule has 19 heteroatoms. The Balaban J connectivity index is 1.42. The number of amides is 7. The number of H-pyrrole nitrogens is 1. The molecule has 0 spiro atoms. The van der Waals surface area contributed by atoms with Gasteiger partial charge < -0.3 is 34.8 Å². The predicted molar refractivity (Wildman–Crippen MR) is 254 cm³/mol. The van der Waals surface area contributed by atoms with Gasteiger partial charge in [-0.15, -0.1) is 10.2 Å². The number of rotatable bonds is 27. The lowest BCUT2D eigenvalue weighted by Gasteiger charge is -2.41. The molecule has 0 radical (unpaired) electrons. The molecule has 0 saturated carbocycles. The number of aromatic nitrogens is 4. The van der Waals surface area contributed by atoms with Crippen LogP contribution in [-0.4, -0.2) is 159 Å². The first-order valence-electron chi connectivity index (χ1n) is 24.1. The molecule has 0 aliphatic carbocycles. The van der Waals surface area contributed by atoms with Gasteiger partial charge in [0.2, 0.25) is 29.5 Å². The van der Waals surface area contributed by atoms with E-state index in [1.54, 1.807) is 37.9 Å². The van der Waals surface area contributed by atoms with Gasteiger partial charge in [0.1, 0.15) is 12.1 Å². The highest BCUT2D eigenvalue weighted by Crippen LogP contribution is 2.30. The number of nitrogens with zero attached hydrogens (tertiary/aromatic N) is 7. The summed E-state index contributed by atoms with van der Waals surface area (Å²) in [6.07, 6.45) is 5.41. The average molecular weight is 949 g/mol. The van der Waals surface area contributed by atoms with E-state index in [4.69, 9.17) is 9.47 Å². The standard InChI is InChI=1S/C49H76N10O9/c1-12-32(6)44(57(9)49(66)42(30(2)3)51-48(65)43(31(4)5)56(8)38(60)23-17-14-18-26-59-39(61)24-25-40(59)62)37(67-10)29-41(63)58-27-19-22-36(58)45(68-11)33(7)47(64)50-35(46-52-54-55-53-46)28-34-20-15-13-16-21-34/h13,15-16,20-21,24-25,30-33,35-37,42-45H,12,14,17-19,22-23,26-29H2,1-11H3,(H,50,64)(H,51,65)(H,52,53,54,55)/t32-,33+,35-,36-,37+,42-,43?,44-,45+/m0/s1. The summed E-state index contributed by atoms with van der Waals surface area (Å²) in [7, 11) is 6.35. The molecule has 0 bridgehead atoms. The van der Waals surface area contributed by atoms with Crippen molar-refractivity contribution >= 4 is 41.4 Å². The number of carbonyl (C=O) groups is 7. The van der Waals surface area contributed by atoms with Crippen LogP contribution in [-0.2, 0) is 49.5 Å². The number of aromatic amines is 1. The first-order valence-corrected chi connectivity index (χ1v) is 24.1. The second-order valence-corrected chi connectivity index (χ2v) is 19.0. The summed E-state index contributed by atoms with van der Waals surface area (Å²) in [6, 6.07) is 6.36. The third-order valence-corrected chi connectivity index (χ3v) is 13.6. The van der Waals surface area contributed by atoms with Crippen molar-refractivity contribution in [2.45, 2.75) is 149 Å². The summed E-state index contributed by atoms with van der Waals surface area (Å²) in [6.45, 7) is 13.9. The number of hydrogen-bond donors (Lipinski definition) is 3. The molecule has 1 aromatic carbocycles. The number of nitrogens with one attached hydrogen (secondary N) is 3. The zero-order valence-corrected chi connectivity index (χ0v) is 42.0. The van der Waals surface area contributed by atoms with Crippen LogP contribution in [0.15, 0.2) is 42.5 Å².